The third kappa shape index (κ3) is 42.4. The van der Waals surface area contributed by atoms with Gasteiger partial charge in [-0.1, -0.05) is 198 Å². The van der Waals surface area contributed by atoms with E-state index in [0.29, 0.717) is 12.8 Å². The van der Waals surface area contributed by atoms with Crippen molar-refractivity contribution in [3.63, 3.8) is 0 Å². The maximum absolute atomic E-state index is 12.3. The summed E-state index contributed by atoms with van der Waals surface area (Å²) in [4.78, 5) is 46.0. The van der Waals surface area contributed by atoms with Gasteiger partial charge in [-0.3, -0.25) is 18.6 Å². The molecule has 12 heteroatoms. The van der Waals surface area contributed by atoms with Gasteiger partial charge in [0, 0.05) is 12.8 Å². The summed E-state index contributed by atoms with van der Waals surface area (Å²) in [7, 11) is -4.76. The number of carbonyl (C=O) groups excluding carboxylic acids is 2. The summed E-state index contributed by atoms with van der Waals surface area (Å²) in [6, 6.07) is -1.55. The standard InChI is InChI=1S/C48H88NO10P/c1-3-5-7-9-11-13-15-17-19-20-21-22-23-24-26-28-30-32-34-36-38-40-47(52)57-41-44(50)42-58-60(55,56)59-43-45(48(53)54)49-46(51)39-37-35-33-31-29-27-25-18-16-14-12-10-8-6-4-2/h6,8,12,14,18,25,44-45,50H,3-5,7,9-11,13,15-17,19-24,26-43H2,1-2H3,(H,49,51)(H,53,54)(H,55,56)/b8-6-,14-12-,25-18-. The number of unbranched alkanes of at least 4 members (excludes halogenated alkanes) is 25. The minimum absolute atomic E-state index is 0.126. The third-order valence-electron chi connectivity index (χ3n) is 10.4. The Labute approximate surface area is 365 Å². The van der Waals surface area contributed by atoms with E-state index < -0.39 is 57.6 Å². The van der Waals surface area contributed by atoms with Crippen molar-refractivity contribution >= 4 is 25.7 Å². The molecule has 0 aliphatic carbocycles. The second-order valence-corrected chi connectivity index (χ2v) is 17.7. The molecule has 350 valence electrons. The second kappa shape index (κ2) is 43.4. The van der Waals surface area contributed by atoms with Crippen LogP contribution in [0, 0.1) is 0 Å². The normalized spacial score (nSPS) is 13.9. The van der Waals surface area contributed by atoms with Crippen molar-refractivity contribution in [2.75, 3.05) is 19.8 Å². The number of aliphatic hydroxyl groups excluding tert-OH is 1. The van der Waals surface area contributed by atoms with Gasteiger partial charge >= 0.3 is 19.8 Å². The Morgan fingerprint density at radius 1 is 0.550 bits per heavy atom. The molecule has 0 saturated carbocycles. The predicted molar refractivity (Wildman–Crippen MR) is 245 cm³/mol. The van der Waals surface area contributed by atoms with Crippen LogP contribution in [0.1, 0.15) is 219 Å². The number of ether oxygens (including phenoxy) is 1. The lowest BCUT2D eigenvalue weighted by Crippen LogP contribution is -2.43. The highest BCUT2D eigenvalue weighted by atomic mass is 31.2. The Bertz CT molecular complexity index is 1160. The smallest absolute Gasteiger partial charge is 0.472 e. The lowest BCUT2D eigenvalue weighted by Gasteiger charge is -2.18. The van der Waals surface area contributed by atoms with E-state index in [1.54, 1.807) is 0 Å². The van der Waals surface area contributed by atoms with Gasteiger partial charge in [0.2, 0.25) is 5.91 Å². The molecule has 0 bridgehead atoms. The fourth-order valence-corrected chi connectivity index (χ4v) is 7.52. The average Bonchev–Trinajstić information content (AvgIpc) is 3.22. The molecule has 0 spiro atoms. The predicted octanol–water partition coefficient (Wildman–Crippen LogP) is 12.8. The number of hydrogen-bond donors (Lipinski definition) is 4. The van der Waals surface area contributed by atoms with Crippen LogP contribution in [-0.4, -0.2) is 64.9 Å². The highest BCUT2D eigenvalue weighted by Crippen LogP contribution is 2.43. The highest BCUT2D eigenvalue weighted by Gasteiger charge is 2.28. The van der Waals surface area contributed by atoms with Crippen molar-refractivity contribution in [3.8, 4) is 0 Å². The maximum Gasteiger partial charge on any atom is 0.472 e. The zero-order chi connectivity index (χ0) is 44.2. The summed E-state index contributed by atoms with van der Waals surface area (Å²) in [5.74, 6) is -2.39. The topological polar surface area (TPSA) is 169 Å². The number of phosphoric acid groups is 1. The third-order valence-corrected chi connectivity index (χ3v) is 11.4. The van der Waals surface area contributed by atoms with Gasteiger partial charge in [-0.05, 0) is 44.9 Å². The van der Waals surface area contributed by atoms with Crippen molar-refractivity contribution in [2.45, 2.75) is 231 Å². The summed E-state index contributed by atoms with van der Waals surface area (Å²) in [5.41, 5.74) is 0. The van der Waals surface area contributed by atoms with Crippen LogP contribution in [0.2, 0.25) is 0 Å². The molecule has 11 nitrogen and oxygen atoms in total. The van der Waals surface area contributed by atoms with E-state index in [-0.39, 0.29) is 12.8 Å². The number of nitrogens with one attached hydrogen (secondary N) is 1. The number of amides is 1. The molecule has 0 rings (SSSR count). The van der Waals surface area contributed by atoms with E-state index in [2.05, 4.69) is 55.6 Å². The molecular formula is C48H88NO10P. The molecule has 0 aliphatic heterocycles. The molecular weight excluding hydrogens is 781 g/mol. The van der Waals surface area contributed by atoms with E-state index in [0.717, 1.165) is 70.6 Å². The fourth-order valence-electron chi connectivity index (χ4n) is 6.74. The first kappa shape index (κ1) is 57.7. The lowest BCUT2D eigenvalue weighted by atomic mass is 10.0. The summed E-state index contributed by atoms with van der Waals surface area (Å²) >= 11 is 0. The van der Waals surface area contributed by atoms with E-state index >= 15 is 0 Å². The number of aliphatic carboxylic acids is 1. The molecule has 0 aliphatic rings. The van der Waals surface area contributed by atoms with Crippen molar-refractivity contribution in [2.24, 2.45) is 0 Å². The van der Waals surface area contributed by atoms with Crippen LogP contribution in [0.25, 0.3) is 0 Å². The molecule has 60 heavy (non-hydrogen) atoms. The van der Waals surface area contributed by atoms with Gasteiger partial charge in [0.05, 0.1) is 13.2 Å². The molecule has 0 aromatic heterocycles. The van der Waals surface area contributed by atoms with Crippen molar-refractivity contribution < 1.29 is 47.8 Å². The first-order chi connectivity index (χ1) is 29.1. The number of carboxylic acid groups (broad SMARTS) is 1. The quantitative estimate of drug-likeness (QED) is 0.0200. The molecule has 3 unspecified atom stereocenters. The van der Waals surface area contributed by atoms with Crippen LogP contribution in [0.3, 0.4) is 0 Å². The lowest BCUT2D eigenvalue weighted by molar-refractivity contribution is -0.147. The average molecular weight is 870 g/mol. The minimum atomic E-state index is -4.76. The zero-order valence-corrected chi connectivity index (χ0v) is 38.9. The largest absolute Gasteiger partial charge is 0.480 e. The van der Waals surface area contributed by atoms with Crippen molar-refractivity contribution in [1.82, 2.24) is 5.32 Å². The van der Waals surface area contributed by atoms with Crippen LogP contribution in [-0.2, 0) is 32.7 Å². The first-order valence-electron chi connectivity index (χ1n) is 24.0. The number of phosphoric ester groups is 1. The maximum atomic E-state index is 12.3. The van der Waals surface area contributed by atoms with Crippen LogP contribution < -0.4 is 5.32 Å². The molecule has 0 radical (unpaired) electrons. The van der Waals surface area contributed by atoms with Crippen LogP contribution in [0.15, 0.2) is 36.5 Å². The van der Waals surface area contributed by atoms with Crippen LogP contribution >= 0.6 is 7.82 Å². The molecule has 3 atom stereocenters. The number of aliphatic hydroxyl groups is 1. The molecule has 0 saturated heterocycles. The Balaban J connectivity index is 3.82. The second-order valence-electron chi connectivity index (χ2n) is 16.3. The molecule has 4 N–H and O–H groups in total. The Morgan fingerprint density at radius 3 is 1.45 bits per heavy atom. The molecule has 0 fully saturated rings. The van der Waals surface area contributed by atoms with E-state index in [9.17, 15) is 34.1 Å². The van der Waals surface area contributed by atoms with Gasteiger partial charge in [0.15, 0.2) is 6.04 Å². The van der Waals surface area contributed by atoms with Gasteiger partial charge in [-0.2, -0.15) is 0 Å². The Hall–Kier alpha value is -2.30. The van der Waals surface area contributed by atoms with E-state index in [1.165, 1.54) is 109 Å². The monoisotopic (exact) mass is 870 g/mol. The molecule has 0 aromatic rings. The summed E-state index contributed by atoms with van der Waals surface area (Å²) in [6.07, 6.45) is 47.5. The van der Waals surface area contributed by atoms with Gasteiger partial charge in [0.1, 0.15) is 12.7 Å². The number of esters is 1. The van der Waals surface area contributed by atoms with E-state index in [4.69, 9.17) is 13.8 Å². The number of carboxylic acids is 1. The number of carbonyl (C=O) groups is 3. The van der Waals surface area contributed by atoms with Gasteiger partial charge in [-0.25, -0.2) is 9.36 Å². The zero-order valence-electron chi connectivity index (χ0n) is 38.0. The van der Waals surface area contributed by atoms with Gasteiger partial charge in [-0.15, -0.1) is 0 Å². The number of allylic oxidation sites excluding steroid dienone is 6. The summed E-state index contributed by atoms with van der Waals surface area (Å²) in [6.45, 7) is 2.49. The Kier molecular flexibility index (Phi) is 41.7. The summed E-state index contributed by atoms with van der Waals surface area (Å²) < 4.78 is 26.9. The molecule has 0 aromatic carbocycles. The van der Waals surface area contributed by atoms with Gasteiger partial charge in [0.25, 0.3) is 0 Å². The molecule has 0 heterocycles. The van der Waals surface area contributed by atoms with Crippen LogP contribution in [0.5, 0.6) is 0 Å². The van der Waals surface area contributed by atoms with Crippen molar-refractivity contribution in [1.29, 1.82) is 0 Å². The van der Waals surface area contributed by atoms with Crippen molar-refractivity contribution in [3.05, 3.63) is 36.5 Å². The number of rotatable bonds is 45. The van der Waals surface area contributed by atoms with Gasteiger partial charge < -0.3 is 25.2 Å². The summed E-state index contributed by atoms with van der Waals surface area (Å²) in [5, 5.41) is 21.9. The number of hydrogen-bond acceptors (Lipinski definition) is 8. The minimum Gasteiger partial charge on any atom is -0.480 e. The SMILES string of the molecule is CC/C=C\C/C=C\C/C=C\CCCCCCCC(=O)NC(COP(=O)(O)OCC(O)COC(=O)CCCCCCCCCCCCCCCCCCCCCCC)C(=O)O. The first-order valence-corrected chi connectivity index (χ1v) is 25.5. The van der Waals surface area contributed by atoms with Crippen LogP contribution in [0.4, 0.5) is 0 Å². The Morgan fingerprint density at radius 2 is 0.967 bits per heavy atom. The highest BCUT2D eigenvalue weighted by molar-refractivity contribution is 7.47. The van der Waals surface area contributed by atoms with E-state index in [1.807, 2.05) is 0 Å². The fraction of sp³-hybridized carbons (Fsp3) is 0.812. The molecule has 1 amide bonds.